The summed E-state index contributed by atoms with van der Waals surface area (Å²) in [5.74, 6) is -0.712. The fraction of sp³-hybridized carbons (Fsp3) is 0.381. The molecule has 4 rings (SSSR count). The highest BCUT2D eigenvalue weighted by molar-refractivity contribution is 7.13. The van der Waals surface area contributed by atoms with Crippen LogP contribution in [0.15, 0.2) is 42.0 Å². The van der Waals surface area contributed by atoms with Crippen LogP contribution in [0.2, 0.25) is 0 Å². The van der Waals surface area contributed by atoms with Gasteiger partial charge in [-0.25, -0.2) is 9.78 Å². The third kappa shape index (κ3) is 3.67. The number of benzene rings is 1. The molecule has 1 aliphatic rings. The second kappa shape index (κ2) is 8.14. The minimum absolute atomic E-state index is 0.113. The number of rotatable bonds is 5. The molecule has 0 unspecified atom stereocenters. The van der Waals surface area contributed by atoms with Crippen LogP contribution in [0.1, 0.15) is 49.4 Å². The van der Waals surface area contributed by atoms with Gasteiger partial charge in [0.05, 0.1) is 5.56 Å². The molecule has 0 radical (unpaired) electrons. The maximum atomic E-state index is 13.2. The minimum atomic E-state index is -0.882. The summed E-state index contributed by atoms with van der Waals surface area (Å²) in [6.07, 6.45) is 7.75. The van der Waals surface area contributed by atoms with Crippen LogP contribution in [-0.2, 0) is 9.53 Å². The molecular weight excluding hydrogens is 374 g/mol. The van der Waals surface area contributed by atoms with Crippen molar-refractivity contribution in [2.45, 2.75) is 51.2 Å². The molecule has 2 aromatic heterocycles. The van der Waals surface area contributed by atoms with Crippen LogP contribution in [0.5, 0.6) is 0 Å². The van der Waals surface area contributed by atoms with Gasteiger partial charge in [0.1, 0.15) is 0 Å². The standard InChI is InChI=1S/C21H23N3O3S/c1-14(27-20(26)17-13-23-18-10-6-5-9-16(17)18)19(25)24(21-22-11-12-28-21)15-7-3-2-4-8-15/h5-6,9-15,23H,2-4,7-8H2,1H3/t14-/m1/s1. The van der Waals surface area contributed by atoms with Gasteiger partial charge in [-0.05, 0) is 25.8 Å². The van der Waals surface area contributed by atoms with Gasteiger partial charge in [0.2, 0.25) is 0 Å². The average molecular weight is 398 g/mol. The van der Waals surface area contributed by atoms with E-state index >= 15 is 0 Å². The topological polar surface area (TPSA) is 75.3 Å². The number of nitrogens with zero attached hydrogens (tertiary/aromatic N) is 2. The van der Waals surface area contributed by atoms with Crippen LogP contribution >= 0.6 is 11.3 Å². The number of fused-ring (bicyclic) bond motifs is 1. The molecule has 1 N–H and O–H groups in total. The zero-order chi connectivity index (χ0) is 19.5. The number of carbonyl (C=O) groups is 2. The Balaban J connectivity index is 1.52. The fourth-order valence-electron chi connectivity index (χ4n) is 3.82. The number of anilines is 1. The predicted octanol–water partition coefficient (Wildman–Crippen LogP) is 4.54. The molecule has 1 amide bonds. The van der Waals surface area contributed by atoms with Gasteiger partial charge < -0.3 is 9.72 Å². The Morgan fingerprint density at radius 2 is 2.04 bits per heavy atom. The van der Waals surface area contributed by atoms with Crippen molar-refractivity contribution in [2.75, 3.05) is 4.90 Å². The highest BCUT2D eigenvalue weighted by Crippen LogP contribution is 2.30. The van der Waals surface area contributed by atoms with E-state index in [0.717, 1.165) is 36.6 Å². The van der Waals surface area contributed by atoms with E-state index in [1.165, 1.54) is 17.8 Å². The summed E-state index contributed by atoms with van der Waals surface area (Å²) in [5.41, 5.74) is 1.30. The first-order valence-corrected chi connectivity index (χ1v) is 10.5. The van der Waals surface area contributed by atoms with Crippen molar-refractivity contribution in [2.24, 2.45) is 0 Å². The molecule has 0 bridgehead atoms. The van der Waals surface area contributed by atoms with Crippen molar-refractivity contribution in [1.29, 1.82) is 0 Å². The van der Waals surface area contributed by atoms with E-state index in [1.807, 2.05) is 29.6 Å². The zero-order valence-electron chi connectivity index (χ0n) is 15.8. The third-order valence-corrected chi connectivity index (χ3v) is 6.01. The maximum absolute atomic E-state index is 13.2. The van der Waals surface area contributed by atoms with E-state index in [1.54, 1.807) is 24.2 Å². The zero-order valence-corrected chi connectivity index (χ0v) is 16.6. The van der Waals surface area contributed by atoms with Gasteiger partial charge in [-0.3, -0.25) is 9.69 Å². The fourth-order valence-corrected chi connectivity index (χ4v) is 4.53. The van der Waals surface area contributed by atoms with Crippen LogP contribution < -0.4 is 4.90 Å². The number of ether oxygens (including phenoxy) is 1. The molecule has 28 heavy (non-hydrogen) atoms. The van der Waals surface area contributed by atoms with Gasteiger partial charge >= 0.3 is 5.97 Å². The summed E-state index contributed by atoms with van der Waals surface area (Å²) in [5, 5.41) is 3.32. The van der Waals surface area contributed by atoms with Crippen molar-refractivity contribution in [3.8, 4) is 0 Å². The Hall–Kier alpha value is -2.67. The lowest BCUT2D eigenvalue weighted by Crippen LogP contribution is -2.47. The molecule has 6 nitrogen and oxygen atoms in total. The van der Waals surface area contributed by atoms with Crippen molar-refractivity contribution in [1.82, 2.24) is 9.97 Å². The second-order valence-corrected chi connectivity index (χ2v) is 7.98. The number of aromatic nitrogens is 2. The molecular formula is C21H23N3O3S. The minimum Gasteiger partial charge on any atom is -0.449 e. The molecule has 0 saturated heterocycles. The maximum Gasteiger partial charge on any atom is 0.341 e. The van der Waals surface area contributed by atoms with Crippen molar-refractivity contribution in [3.63, 3.8) is 0 Å². The highest BCUT2D eigenvalue weighted by atomic mass is 32.1. The molecule has 3 aromatic rings. The van der Waals surface area contributed by atoms with Gasteiger partial charge in [0.15, 0.2) is 11.2 Å². The van der Waals surface area contributed by atoms with E-state index in [-0.39, 0.29) is 11.9 Å². The molecule has 0 spiro atoms. The van der Waals surface area contributed by atoms with E-state index in [9.17, 15) is 9.59 Å². The summed E-state index contributed by atoms with van der Waals surface area (Å²) in [6, 6.07) is 7.64. The monoisotopic (exact) mass is 397 g/mol. The van der Waals surface area contributed by atoms with E-state index in [0.29, 0.717) is 10.7 Å². The molecule has 1 fully saturated rings. The lowest BCUT2D eigenvalue weighted by Gasteiger charge is -2.33. The van der Waals surface area contributed by atoms with Crippen molar-refractivity contribution >= 4 is 39.2 Å². The van der Waals surface area contributed by atoms with Crippen LogP contribution in [0.4, 0.5) is 5.13 Å². The Labute approximate surface area is 167 Å². The van der Waals surface area contributed by atoms with Crippen LogP contribution in [0, 0.1) is 0 Å². The van der Waals surface area contributed by atoms with E-state index in [2.05, 4.69) is 9.97 Å². The van der Waals surface area contributed by atoms with Gasteiger partial charge in [0.25, 0.3) is 5.91 Å². The van der Waals surface area contributed by atoms with Crippen LogP contribution in [0.25, 0.3) is 10.9 Å². The van der Waals surface area contributed by atoms with Crippen molar-refractivity contribution < 1.29 is 14.3 Å². The predicted molar refractivity (Wildman–Crippen MR) is 110 cm³/mol. The summed E-state index contributed by atoms with van der Waals surface area (Å²) < 4.78 is 5.56. The van der Waals surface area contributed by atoms with Gasteiger partial charge in [-0.15, -0.1) is 11.3 Å². The Morgan fingerprint density at radius 3 is 2.79 bits per heavy atom. The number of para-hydroxylation sites is 1. The Morgan fingerprint density at radius 1 is 1.25 bits per heavy atom. The van der Waals surface area contributed by atoms with Crippen molar-refractivity contribution in [3.05, 3.63) is 47.6 Å². The molecule has 2 heterocycles. The first-order chi connectivity index (χ1) is 13.6. The quantitative estimate of drug-likeness (QED) is 0.642. The number of aromatic amines is 1. The smallest absolute Gasteiger partial charge is 0.341 e. The molecule has 1 aliphatic carbocycles. The normalized spacial score (nSPS) is 16.0. The summed E-state index contributed by atoms with van der Waals surface area (Å²) in [4.78, 5) is 35.1. The molecule has 1 aromatic carbocycles. The molecule has 0 aliphatic heterocycles. The Bertz CT molecular complexity index is 960. The number of hydrogen-bond donors (Lipinski definition) is 1. The van der Waals surface area contributed by atoms with Gasteiger partial charge in [-0.2, -0.15) is 0 Å². The van der Waals surface area contributed by atoms with Crippen LogP contribution in [0.3, 0.4) is 0 Å². The highest BCUT2D eigenvalue weighted by Gasteiger charge is 2.33. The number of hydrogen-bond acceptors (Lipinski definition) is 5. The summed E-state index contributed by atoms with van der Waals surface area (Å²) in [6.45, 7) is 1.64. The molecule has 1 atom stereocenters. The first kappa shape index (κ1) is 18.7. The van der Waals surface area contributed by atoms with Gasteiger partial charge in [0, 0.05) is 34.7 Å². The van der Waals surface area contributed by atoms with Gasteiger partial charge in [-0.1, -0.05) is 37.5 Å². The second-order valence-electron chi connectivity index (χ2n) is 7.11. The van der Waals surface area contributed by atoms with E-state index in [4.69, 9.17) is 4.74 Å². The third-order valence-electron chi connectivity index (χ3n) is 5.24. The van der Waals surface area contributed by atoms with E-state index < -0.39 is 12.1 Å². The molecule has 1 saturated carbocycles. The number of nitrogens with one attached hydrogen (secondary N) is 1. The number of H-pyrrole nitrogens is 1. The first-order valence-electron chi connectivity index (χ1n) is 9.65. The molecule has 7 heteroatoms. The molecule has 146 valence electrons. The van der Waals surface area contributed by atoms with Crippen LogP contribution in [-0.4, -0.2) is 34.0 Å². The number of esters is 1. The Kier molecular flexibility index (Phi) is 5.43. The SMILES string of the molecule is C[C@@H](OC(=O)c1c[nH]c2ccccc12)C(=O)N(c1nccs1)C1CCCCC1. The summed E-state index contributed by atoms with van der Waals surface area (Å²) >= 11 is 1.44. The number of amides is 1. The largest absolute Gasteiger partial charge is 0.449 e. The number of thiazole rings is 1. The lowest BCUT2D eigenvalue weighted by atomic mass is 9.94. The average Bonchev–Trinajstić information content (AvgIpc) is 3.39. The lowest BCUT2D eigenvalue weighted by molar-refractivity contribution is -0.127. The summed E-state index contributed by atoms with van der Waals surface area (Å²) in [7, 11) is 0. The number of carbonyl (C=O) groups excluding carboxylic acids is 2.